The molecule has 1 aromatic rings. The van der Waals surface area contributed by atoms with Crippen LogP contribution in [-0.2, 0) is 17.6 Å². The second-order valence-corrected chi connectivity index (χ2v) is 4.90. The smallest absolute Gasteiger partial charge is 0.224 e. The summed E-state index contributed by atoms with van der Waals surface area (Å²) in [6.45, 7) is 4.69. The standard InChI is InChI=1S/C15H22N2O.ClH/c1-2-12-3-5-13(6-4-12)7-10-17-15(18)14-8-9-16-11-14;/h3-6,14,16H,2,7-11H2,1H3,(H,17,18);1H. The minimum Gasteiger partial charge on any atom is -0.355 e. The third-order valence-corrected chi connectivity index (χ3v) is 3.58. The SMILES string of the molecule is CCc1ccc(CCNC(=O)C2CCNC2)cc1.Cl. The Morgan fingerprint density at radius 1 is 1.32 bits per heavy atom. The molecule has 1 unspecified atom stereocenters. The molecule has 0 radical (unpaired) electrons. The van der Waals surface area contributed by atoms with Crippen LogP contribution in [0.4, 0.5) is 0 Å². The third kappa shape index (κ3) is 4.84. The molecule has 0 aliphatic carbocycles. The van der Waals surface area contributed by atoms with Gasteiger partial charge in [0.2, 0.25) is 5.91 Å². The fourth-order valence-electron chi connectivity index (χ4n) is 2.29. The summed E-state index contributed by atoms with van der Waals surface area (Å²) in [6, 6.07) is 8.64. The van der Waals surface area contributed by atoms with Gasteiger partial charge in [0.15, 0.2) is 0 Å². The van der Waals surface area contributed by atoms with Crippen LogP contribution >= 0.6 is 12.4 Å². The lowest BCUT2D eigenvalue weighted by Crippen LogP contribution is -2.33. The zero-order chi connectivity index (χ0) is 12.8. The molecule has 0 aromatic heterocycles. The molecule has 1 heterocycles. The summed E-state index contributed by atoms with van der Waals surface area (Å²) in [6.07, 6.45) is 2.96. The Labute approximate surface area is 121 Å². The van der Waals surface area contributed by atoms with Gasteiger partial charge in [-0.25, -0.2) is 0 Å². The largest absolute Gasteiger partial charge is 0.355 e. The highest BCUT2D eigenvalue weighted by molar-refractivity contribution is 5.85. The van der Waals surface area contributed by atoms with Gasteiger partial charge in [-0.3, -0.25) is 4.79 Å². The minimum atomic E-state index is 0. The van der Waals surface area contributed by atoms with Crippen LogP contribution in [0.5, 0.6) is 0 Å². The minimum absolute atomic E-state index is 0. The van der Waals surface area contributed by atoms with Crippen molar-refractivity contribution < 1.29 is 4.79 Å². The Morgan fingerprint density at radius 2 is 2.00 bits per heavy atom. The highest BCUT2D eigenvalue weighted by Crippen LogP contribution is 2.08. The van der Waals surface area contributed by atoms with Gasteiger partial charge in [0, 0.05) is 13.1 Å². The number of rotatable bonds is 5. The van der Waals surface area contributed by atoms with Crippen molar-refractivity contribution in [3.05, 3.63) is 35.4 Å². The van der Waals surface area contributed by atoms with Crippen LogP contribution in [0, 0.1) is 5.92 Å². The zero-order valence-corrected chi connectivity index (χ0v) is 12.3. The normalized spacial score (nSPS) is 17.8. The van der Waals surface area contributed by atoms with Crippen LogP contribution in [-0.4, -0.2) is 25.5 Å². The molecule has 4 heteroatoms. The van der Waals surface area contributed by atoms with Gasteiger partial charge in [-0.1, -0.05) is 31.2 Å². The van der Waals surface area contributed by atoms with E-state index in [1.807, 2.05) is 0 Å². The van der Waals surface area contributed by atoms with Crippen molar-refractivity contribution in [2.75, 3.05) is 19.6 Å². The van der Waals surface area contributed by atoms with Crippen molar-refractivity contribution in [2.45, 2.75) is 26.2 Å². The Kier molecular flexibility index (Phi) is 6.89. The molecule has 0 saturated carbocycles. The molecule has 1 aliphatic rings. The van der Waals surface area contributed by atoms with E-state index in [4.69, 9.17) is 0 Å². The van der Waals surface area contributed by atoms with Crippen molar-refractivity contribution in [1.29, 1.82) is 0 Å². The van der Waals surface area contributed by atoms with Gasteiger partial charge in [-0.05, 0) is 36.9 Å². The summed E-state index contributed by atoms with van der Waals surface area (Å²) in [4.78, 5) is 11.8. The maximum absolute atomic E-state index is 11.8. The van der Waals surface area contributed by atoms with E-state index in [0.717, 1.165) is 38.9 Å². The van der Waals surface area contributed by atoms with Crippen LogP contribution in [0.15, 0.2) is 24.3 Å². The number of aryl methyl sites for hydroxylation is 1. The van der Waals surface area contributed by atoms with Crippen LogP contribution in [0.1, 0.15) is 24.5 Å². The number of benzene rings is 1. The van der Waals surface area contributed by atoms with Crippen LogP contribution < -0.4 is 10.6 Å². The van der Waals surface area contributed by atoms with Crippen molar-refractivity contribution >= 4 is 18.3 Å². The fraction of sp³-hybridized carbons (Fsp3) is 0.533. The monoisotopic (exact) mass is 282 g/mol. The predicted octanol–water partition coefficient (Wildman–Crippen LogP) is 1.94. The van der Waals surface area contributed by atoms with E-state index in [2.05, 4.69) is 41.8 Å². The Bertz CT molecular complexity index is 386. The van der Waals surface area contributed by atoms with E-state index < -0.39 is 0 Å². The summed E-state index contributed by atoms with van der Waals surface area (Å²) >= 11 is 0. The number of halogens is 1. The molecule has 2 N–H and O–H groups in total. The van der Waals surface area contributed by atoms with Crippen LogP contribution in [0.25, 0.3) is 0 Å². The zero-order valence-electron chi connectivity index (χ0n) is 11.4. The first-order chi connectivity index (χ1) is 8.79. The second-order valence-electron chi connectivity index (χ2n) is 4.90. The molecule has 19 heavy (non-hydrogen) atoms. The highest BCUT2D eigenvalue weighted by atomic mass is 35.5. The highest BCUT2D eigenvalue weighted by Gasteiger charge is 2.21. The molecule has 2 rings (SSSR count). The molecular formula is C15H23ClN2O. The molecule has 1 saturated heterocycles. The second kappa shape index (κ2) is 8.18. The fourth-order valence-corrected chi connectivity index (χ4v) is 2.29. The number of carbonyl (C=O) groups is 1. The van der Waals surface area contributed by atoms with Gasteiger partial charge in [-0.15, -0.1) is 12.4 Å². The maximum atomic E-state index is 11.8. The van der Waals surface area contributed by atoms with Crippen LogP contribution in [0.2, 0.25) is 0 Å². The van der Waals surface area contributed by atoms with Crippen LogP contribution in [0.3, 0.4) is 0 Å². The lowest BCUT2D eigenvalue weighted by molar-refractivity contribution is -0.124. The Hall–Kier alpha value is -1.06. The van der Waals surface area contributed by atoms with Crippen molar-refractivity contribution in [2.24, 2.45) is 5.92 Å². The molecule has 3 nitrogen and oxygen atoms in total. The van der Waals surface area contributed by atoms with Crippen molar-refractivity contribution in [1.82, 2.24) is 10.6 Å². The topological polar surface area (TPSA) is 41.1 Å². The molecule has 1 atom stereocenters. The third-order valence-electron chi connectivity index (χ3n) is 3.58. The van der Waals surface area contributed by atoms with Gasteiger partial charge >= 0.3 is 0 Å². The molecule has 1 amide bonds. The molecule has 0 bridgehead atoms. The van der Waals surface area contributed by atoms with Gasteiger partial charge in [-0.2, -0.15) is 0 Å². The Balaban J connectivity index is 0.00000180. The first kappa shape index (κ1) is 16.0. The van der Waals surface area contributed by atoms with Gasteiger partial charge in [0.1, 0.15) is 0 Å². The predicted molar refractivity (Wildman–Crippen MR) is 80.8 cm³/mol. The molecule has 1 aromatic carbocycles. The van der Waals surface area contributed by atoms with Gasteiger partial charge in [0.25, 0.3) is 0 Å². The first-order valence-corrected chi connectivity index (χ1v) is 6.86. The number of hydrogen-bond donors (Lipinski definition) is 2. The van der Waals surface area contributed by atoms with Crippen molar-refractivity contribution in [3.63, 3.8) is 0 Å². The summed E-state index contributed by atoms with van der Waals surface area (Å²) in [5.74, 6) is 0.373. The Morgan fingerprint density at radius 3 is 2.58 bits per heavy atom. The van der Waals surface area contributed by atoms with Gasteiger partial charge < -0.3 is 10.6 Å². The number of nitrogens with one attached hydrogen (secondary N) is 2. The van der Waals surface area contributed by atoms with E-state index >= 15 is 0 Å². The van der Waals surface area contributed by atoms with E-state index in [1.54, 1.807) is 0 Å². The average Bonchev–Trinajstić information content (AvgIpc) is 2.93. The quantitative estimate of drug-likeness (QED) is 0.867. The average molecular weight is 283 g/mol. The lowest BCUT2D eigenvalue weighted by atomic mass is 10.1. The van der Waals surface area contributed by atoms with E-state index in [1.165, 1.54) is 11.1 Å². The van der Waals surface area contributed by atoms with Gasteiger partial charge in [0.05, 0.1) is 5.92 Å². The molecule has 1 aliphatic heterocycles. The van der Waals surface area contributed by atoms with E-state index in [9.17, 15) is 4.79 Å². The summed E-state index contributed by atoms with van der Waals surface area (Å²) in [7, 11) is 0. The van der Waals surface area contributed by atoms with E-state index in [-0.39, 0.29) is 24.2 Å². The molecule has 1 fully saturated rings. The summed E-state index contributed by atoms with van der Waals surface area (Å²) in [5.41, 5.74) is 2.65. The lowest BCUT2D eigenvalue weighted by Gasteiger charge is -2.09. The number of amides is 1. The van der Waals surface area contributed by atoms with Crippen molar-refractivity contribution in [3.8, 4) is 0 Å². The maximum Gasteiger partial charge on any atom is 0.224 e. The number of hydrogen-bond acceptors (Lipinski definition) is 2. The summed E-state index contributed by atoms with van der Waals surface area (Å²) in [5, 5.41) is 6.24. The molecular weight excluding hydrogens is 260 g/mol. The van der Waals surface area contributed by atoms with E-state index in [0.29, 0.717) is 0 Å². The molecule has 106 valence electrons. The number of carbonyl (C=O) groups excluding carboxylic acids is 1. The molecule has 0 spiro atoms. The first-order valence-electron chi connectivity index (χ1n) is 6.86. The summed E-state index contributed by atoms with van der Waals surface area (Å²) < 4.78 is 0.